The lowest BCUT2D eigenvalue weighted by Crippen LogP contribution is -2.44. The number of aromatic nitrogens is 1. The molecule has 0 aromatic carbocycles. The Kier molecular flexibility index (Phi) is 3.33. The van der Waals surface area contributed by atoms with Gasteiger partial charge >= 0.3 is 5.69 Å². The van der Waals surface area contributed by atoms with E-state index in [9.17, 15) is 20.2 Å². The third-order valence-electron chi connectivity index (χ3n) is 2.66. The molecular weight excluding hydrogens is 242 g/mol. The summed E-state index contributed by atoms with van der Waals surface area (Å²) in [6, 6.07) is 0.949. The third-order valence-corrected chi connectivity index (χ3v) is 2.66. The highest BCUT2D eigenvalue weighted by Crippen LogP contribution is 2.29. The fourth-order valence-corrected chi connectivity index (χ4v) is 1.79. The average Bonchev–Trinajstić information content (AvgIpc) is 2.39. The maximum atomic E-state index is 10.9. The van der Waals surface area contributed by atoms with Crippen molar-refractivity contribution in [3.8, 4) is 0 Å². The van der Waals surface area contributed by atoms with Crippen LogP contribution in [0.5, 0.6) is 0 Å². The van der Waals surface area contributed by atoms with Gasteiger partial charge in [-0.2, -0.15) is 0 Å². The largest absolute Gasteiger partial charge is 0.348 e. The Morgan fingerprint density at radius 1 is 1.22 bits per heavy atom. The van der Waals surface area contributed by atoms with Crippen molar-refractivity contribution in [2.75, 3.05) is 31.1 Å². The van der Waals surface area contributed by atoms with Crippen molar-refractivity contribution in [1.82, 2.24) is 10.3 Å². The van der Waals surface area contributed by atoms with Crippen molar-refractivity contribution in [3.63, 3.8) is 0 Å². The maximum absolute atomic E-state index is 10.9. The van der Waals surface area contributed by atoms with Crippen LogP contribution in [-0.2, 0) is 0 Å². The van der Waals surface area contributed by atoms with Gasteiger partial charge in [0, 0.05) is 26.2 Å². The number of nitrogens with one attached hydrogen (secondary N) is 1. The summed E-state index contributed by atoms with van der Waals surface area (Å²) in [6.07, 6.45) is 1.05. The van der Waals surface area contributed by atoms with Gasteiger partial charge in [0.25, 0.3) is 5.69 Å². The van der Waals surface area contributed by atoms with Gasteiger partial charge in [-0.05, 0) is 0 Å². The van der Waals surface area contributed by atoms with Crippen LogP contribution in [0.2, 0.25) is 0 Å². The standard InChI is InChI=1S/C9H11N5O4/c15-13(16)7-5-8(14(17)18)9(11-6-7)12-3-1-10-2-4-12/h5-6,10H,1-4H2. The summed E-state index contributed by atoms with van der Waals surface area (Å²) in [7, 11) is 0. The van der Waals surface area contributed by atoms with E-state index in [0.29, 0.717) is 26.2 Å². The molecule has 9 nitrogen and oxygen atoms in total. The Morgan fingerprint density at radius 2 is 1.89 bits per heavy atom. The normalized spacial score (nSPS) is 15.4. The molecule has 1 fully saturated rings. The molecule has 1 aliphatic rings. The fraction of sp³-hybridized carbons (Fsp3) is 0.444. The van der Waals surface area contributed by atoms with Gasteiger partial charge in [-0.3, -0.25) is 20.2 Å². The van der Waals surface area contributed by atoms with Gasteiger partial charge in [0.05, 0.1) is 15.9 Å². The zero-order valence-electron chi connectivity index (χ0n) is 9.40. The Bertz CT molecular complexity index is 486. The van der Waals surface area contributed by atoms with Crippen molar-refractivity contribution < 1.29 is 9.85 Å². The molecule has 9 heteroatoms. The van der Waals surface area contributed by atoms with E-state index in [1.54, 1.807) is 4.90 Å². The van der Waals surface area contributed by atoms with Gasteiger partial charge in [0.1, 0.15) is 6.20 Å². The Balaban J connectivity index is 2.39. The van der Waals surface area contributed by atoms with E-state index in [1.807, 2.05) is 0 Å². The number of nitro groups is 2. The molecule has 18 heavy (non-hydrogen) atoms. The van der Waals surface area contributed by atoms with Crippen LogP contribution in [0.25, 0.3) is 0 Å². The molecule has 96 valence electrons. The number of nitrogens with zero attached hydrogens (tertiary/aromatic N) is 4. The Hall–Kier alpha value is -2.29. The molecule has 1 aliphatic heterocycles. The van der Waals surface area contributed by atoms with Crippen LogP contribution in [0.15, 0.2) is 12.3 Å². The topological polar surface area (TPSA) is 114 Å². The molecule has 1 aromatic rings. The smallest absolute Gasteiger partial charge is 0.318 e. The van der Waals surface area contributed by atoms with Gasteiger partial charge in [-0.1, -0.05) is 0 Å². The zero-order chi connectivity index (χ0) is 13.1. The monoisotopic (exact) mass is 253 g/mol. The van der Waals surface area contributed by atoms with Gasteiger partial charge in [0.2, 0.25) is 5.82 Å². The van der Waals surface area contributed by atoms with Crippen LogP contribution in [0.1, 0.15) is 0 Å². The summed E-state index contributed by atoms with van der Waals surface area (Å²) < 4.78 is 0. The number of rotatable bonds is 3. The molecule has 0 unspecified atom stereocenters. The summed E-state index contributed by atoms with van der Waals surface area (Å²) in [5, 5.41) is 24.6. The first-order valence-electron chi connectivity index (χ1n) is 5.34. The lowest BCUT2D eigenvalue weighted by atomic mass is 10.3. The van der Waals surface area contributed by atoms with E-state index in [0.717, 1.165) is 12.3 Å². The molecular formula is C9H11N5O4. The highest BCUT2D eigenvalue weighted by Gasteiger charge is 2.25. The maximum Gasteiger partial charge on any atom is 0.318 e. The number of pyridine rings is 1. The number of piperazine rings is 1. The molecule has 0 spiro atoms. The molecule has 2 rings (SSSR count). The number of hydrogen-bond donors (Lipinski definition) is 1. The minimum absolute atomic E-state index is 0.187. The lowest BCUT2D eigenvalue weighted by Gasteiger charge is -2.27. The Morgan fingerprint density at radius 3 is 2.44 bits per heavy atom. The second-order valence-corrected chi connectivity index (χ2v) is 3.79. The SMILES string of the molecule is O=[N+]([O-])c1cnc(N2CCNCC2)c([N+](=O)[O-])c1. The minimum Gasteiger partial charge on any atom is -0.348 e. The van der Waals surface area contributed by atoms with Gasteiger partial charge < -0.3 is 10.2 Å². The summed E-state index contributed by atoms with van der Waals surface area (Å²) in [6.45, 7) is 2.59. The first-order valence-corrected chi connectivity index (χ1v) is 5.34. The van der Waals surface area contributed by atoms with Crippen molar-refractivity contribution in [1.29, 1.82) is 0 Å². The van der Waals surface area contributed by atoms with E-state index in [4.69, 9.17) is 0 Å². The second kappa shape index (κ2) is 4.92. The number of anilines is 1. The average molecular weight is 253 g/mol. The van der Waals surface area contributed by atoms with Crippen LogP contribution in [-0.4, -0.2) is 41.0 Å². The number of hydrogen-bond acceptors (Lipinski definition) is 7. The summed E-state index contributed by atoms with van der Waals surface area (Å²) >= 11 is 0. The third kappa shape index (κ3) is 2.35. The molecule has 0 bridgehead atoms. The van der Waals surface area contributed by atoms with Crippen molar-refractivity contribution >= 4 is 17.2 Å². The van der Waals surface area contributed by atoms with E-state index >= 15 is 0 Å². The minimum atomic E-state index is -0.693. The van der Waals surface area contributed by atoms with Gasteiger partial charge in [-0.25, -0.2) is 4.98 Å². The molecule has 2 heterocycles. The highest BCUT2D eigenvalue weighted by molar-refractivity contribution is 5.61. The molecule has 0 aliphatic carbocycles. The van der Waals surface area contributed by atoms with Crippen molar-refractivity contribution in [2.45, 2.75) is 0 Å². The van der Waals surface area contributed by atoms with Crippen LogP contribution in [0, 0.1) is 20.2 Å². The quantitative estimate of drug-likeness (QED) is 0.608. The highest BCUT2D eigenvalue weighted by atomic mass is 16.6. The fourth-order valence-electron chi connectivity index (χ4n) is 1.79. The van der Waals surface area contributed by atoms with Crippen LogP contribution in [0.3, 0.4) is 0 Å². The molecule has 1 aromatic heterocycles. The summed E-state index contributed by atoms with van der Waals surface area (Å²) in [5.41, 5.74) is -0.702. The molecule has 0 amide bonds. The van der Waals surface area contributed by atoms with Gasteiger partial charge in [0.15, 0.2) is 0 Å². The first kappa shape index (κ1) is 12.2. The van der Waals surface area contributed by atoms with E-state index in [1.165, 1.54) is 0 Å². The summed E-state index contributed by atoms with van der Waals surface area (Å²) in [5.74, 6) is 0.187. The molecule has 1 N–H and O–H groups in total. The van der Waals surface area contributed by atoms with E-state index in [-0.39, 0.29) is 17.2 Å². The predicted octanol–water partition coefficient (Wildman–Crippen LogP) is 0.308. The molecule has 1 saturated heterocycles. The second-order valence-electron chi connectivity index (χ2n) is 3.79. The first-order chi connectivity index (χ1) is 8.59. The molecule has 0 atom stereocenters. The van der Waals surface area contributed by atoms with E-state index in [2.05, 4.69) is 10.3 Å². The van der Waals surface area contributed by atoms with Crippen LogP contribution < -0.4 is 10.2 Å². The Labute approximate surface area is 102 Å². The van der Waals surface area contributed by atoms with Crippen molar-refractivity contribution in [3.05, 3.63) is 32.5 Å². The van der Waals surface area contributed by atoms with Gasteiger partial charge in [-0.15, -0.1) is 0 Å². The van der Waals surface area contributed by atoms with Crippen LogP contribution in [0.4, 0.5) is 17.2 Å². The predicted molar refractivity (Wildman–Crippen MR) is 62.6 cm³/mol. The van der Waals surface area contributed by atoms with Crippen molar-refractivity contribution in [2.24, 2.45) is 0 Å². The lowest BCUT2D eigenvalue weighted by molar-refractivity contribution is -0.394. The summed E-state index contributed by atoms with van der Waals surface area (Å²) in [4.78, 5) is 25.8. The molecule has 0 saturated carbocycles. The van der Waals surface area contributed by atoms with E-state index < -0.39 is 9.85 Å². The molecule has 0 radical (unpaired) electrons. The van der Waals surface area contributed by atoms with Crippen LogP contribution >= 0.6 is 0 Å². The zero-order valence-corrected chi connectivity index (χ0v) is 9.40.